The first-order valence-corrected chi connectivity index (χ1v) is 12.4. The highest BCUT2D eigenvalue weighted by molar-refractivity contribution is 7.90. The number of para-hydroxylation sites is 1. The summed E-state index contributed by atoms with van der Waals surface area (Å²) in [7, 11) is -3.13. The highest BCUT2D eigenvalue weighted by Gasteiger charge is 2.18. The van der Waals surface area contributed by atoms with Crippen LogP contribution < -0.4 is 10.1 Å². The van der Waals surface area contributed by atoms with Crippen molar-refractivity contribution < 1.29 is 17.9 Å². The van der Waals surface area contributed by atoms with Crippen LogP contribution in [0.5, 0.6) is 5.75 Å². The van der Waals surface area contributed by atoms with Crippen LogP contribution in [0.4, 0.5) is 11.4 Å². The van der Waals surface area contributed by atoms with Crippen molar-refractivity contribution in [3.63, 3.8) is 0 Å². The van der Waals surface area contributed by atoms with Gasteiger partial charge in [-0.2, -0.15) is 0 Å². The quantitative estimate of drug-likeness (QED) is 0.471. The number of fused-ring (bicyclic) bond motifs is 1. The van der Waals surface area contributed by atoms with E-state index in [-0.39, 0.29) is 18.1 Å². The molecule has 0 aliphatic carbocycles. The van der Waals surface area contributed by atoms with E-state index in [1.807, 2.05) is 45.0 Å². The molecule has 0 saturated carbocycles. The summed E-state index contributed by atoms with van der Waals surface area (Å²) in [4.78, 5) is 17.3. The van der Waals surface area contributed by atoms with E-state index in [2.05, 4.69) is 16.4 Å². The first-order chi connectivity index (χ1) is 14.7. The van der Waals surface area contributed by atoms with Crippen molar-refractivity contribution in [2.24, 2.45) is 0 Å². The van der Waals surface area contributed by atoms with Crippen LogP contribution in [0.2, 0.25) is 0 Å². The molecule has 31 heavy (non-hydrogen) atoms. The Balaban J connectivity index is 2.09. The molecule has 6 nitrogen and oxygen atoms in total. The summed E-state index contributed by atoms with van der Waals surface area (Å²) in [6.07, 6.45) is 3.93. The fourth-order valence-corrected chi connectivity index (χ4v) is 3.80. The van der Waals surface area contributed by atoms with Gasteiger partial charge in [-0.25, -0.2) is 8.42 Å². The van der Waals surface area contributed by atoms with Gasteiger partial charge in [-0.1, -0.05) is 36.8 Å². The average Bonchev–Trinajstić information content (AvgIpc) is 2.69. The van der Waals surface area contributed by atoms with Crippen molar-refractivity contribution in [2.75, 3.05) is 23.9 Å². The minimum absolute atomic E-state index is 0.0209. The smallest absolute Gasteiger partial charge is 0.166 e. The lowest BCUT2D eigenvalue weighted by Crippen LogP contribution is -2.12. The van der Waals surface area contributed by atoms with E-state index in [0.29, 0.717) is 28.9 Å². The van der Waals surface area contributed by atoms with Crippen LogP contribution in [-0.2, 0) is 9.84 Å². The highest BCUT2D eigenvalue weighted by Crippen LogP contribution is 2.35. The van der Waals surface area contributed by atoms with Gasteiger partial charge in [0.2, 0.25) is 0 Å². The first kappa shape index (κ1) is 22.7. The number of nitrogens with zero attached hydrogens (tertiary/aromatic N) is 1. The van der Waals surface area contributed by atoms with Gasteiger partial charge in [-0.05, 0) is 38.0 Å². The normalized spacial score (nSPS) is 11.5. The van der Waals surface area contributed by atoms with Crippen LogP contribution in [0.1, 0.15) is 41.3 Å². The third-order valence-electron chi connectivity index (χ3n) is 4.99. The second kappa shape index (κ2) is 9.47. The maximum atomic E-state index is 12.8. The summed E-state index contributed by atoms with van der Waals surface area (Å²) in [5.41, 5.74) is 4.93. The van der Waals surface area contributed by atoms with Crippen molar-refractivity contribution in [2.45, 2.75) is 33.6 Å². The largest absolute Gasteiger partial charge is 0.490 e. The molecule has 2 aromatic carbocycles. The maximum Gasteiger partial charge on any atom is 0.166 e. The van der Waals surface area contributed by atoms with Gasteiger partial charge in [0.1, 0.15) is 17.9 Å². The number of benzene rings is 2. The van der Waals surface area contributed by atoms with E-state index in [1.54, 1.807) is 12.3 Å². The molecular formula is C24H28N2O4S. The molecule has 3 aromatic rings. The molecule has 164 valence electrons. The summed E-state index contributed by atoms with van der Waals surface area (Å²) in [6.45, 7) is 6.06. The second-order valence-corrected chi connectivity index (χ2v) is 10.1. The molecule has 0 aliphatic heterocycles. The molecule has 0 saturated heterocycles. The number of Topliss-reactive ketones (excluding diaryl/α,β-unsaturated/α-hetero) is 1. The van der Waals surface area contributed by atoms with Crippen LogP contribution in [-0.4, -0.2) is 37.8 Å². The van der Waals surface area contributed by atoms with Crippen LogP contribution >= 0.6 is 0 Å². The number of hydrogen-bond acceptors (Lipinski definition) is 6. The molecule has 0 aliphatic rings. The van der Waals surface area contributed by atoms with Gasteiger partial charge in [-0.15, -0.1) is 0 Å². The number of hydrogen-bond donors (Lipinski definition) is 1. The second-order valence-electron chi connectivity index (χ2n) is 7.79. The third-order valence-corrected chi connectivity index (χ3v) is 5.90. The summed E-state index contributed by atoms with van der Waals surface area (Å²) in [5.74, 6) is 0.427. The number of aromatic nitrogens is 1. The lowest BCUT2D eigenvalue weighted by Gasteiger charge is -2.17. The fourth-order valence-electron chi connectivity index (χ4n) is 3.41. The molecule has 0 bridgehead atoms. The number of carbonyl (C=O) groups is 1. The monoisotopic (exact) mass is 440 g/mol. The SMILES string of the molecule is CCCC(=O)c1cnc2c(OCCS(C)(=O)=O)cccc2c1Nc1ccc(C)cc1C. The van der Waals surface area contributed by atoms with Crippen molar-refractivity contribution >= 4 is 37.9 Å². The fraction of sp³-hybridized carbons (Fsp3) is 0.333. The minimum Gasteiger partial charge on any atom is -0.490 e. The van der Waals surface area contributed by atoms with Gasteiger partial charge in [0.05, 0.1) is 17.0 Å². The summed E-state index contributed by atoms with van der Waals surface area (Å²) >= 11 is 0. The van der Waals surface area contributed by atoms with Crippen molar-refractivity contribution in [3.05, 3.63) is 59.3 Å². The summed E-state index contributed by atoms with van der Waals surface area (Å²) in [5, 5.41) is 4.19. The van der Waals surface area contributed by atoms with E-state index >= 15 is 0 Å². The zero-order chi connectivity index (χ0) is 22.6. The highest BCUT2D eigenvalue weighted by atomic mass is 32.2. The third kappa shape index (κ3) is 5.61. The van der Waals surface area contributed by atoms with E-state index in [4.69, 9.17) is 4.74 Å². The van der Waals surface area contributed by atoms with E-state index < -0.39 is 9.84 Å². The maximum absolute atomic E-state index is 12.8. The zero-order valence-corrected chi connectivity index (χ0v) is 19.2. The zero-order valence-electron chi connectivity index (χ0n) is 18.4. The Morgan fingerprint density at radius 2 is 1.94 bits per heavy atom. The predicted octanol–water partition coefficient (Wildman–Crippen LogP) is 5.00. The van der Waals surface area contributed by atoms with Crippen LogP contribution in [0.25, 0.3) is 10.9 Å². The predicted molar refractivity (Wildman–Crippen MR) is 125 cm³/mol. The van der Waals surface area contributed by atoms with Gasteiger partial charge >= 0.3 is 0 Å². The number of carbonyl (C=O) groups excluding carboxylic acids is 1. The first-order valence-electron chi connectivity index (χ1n) is 10.3. The summed E-state index contributed by atoms with van der Waals surface area (Å²) < 4.78 is 28.6. The van der Waals surface area contributed by atoms with Gasteiger partial charge in [-0.3, -0.25) is 9.78 Å². The number of nitrogens with one attached hydrogen (secondary N) is 1. The molecule has 7 heteroatoms. The van der Waals surface area contributed by atoms with Gasteiger partial charge in [0.15, 0.2) is 15.6 Å². The lowest BCUT2D eigenvalue weighted by molar-refractivity contribution is 0.0982. The Kier molecular flexibility index (Phi) is 6.95. The molecule has 1 heterocycles. The topological polar surface area (TPSA) is 85.4 Å². The molecule has 0 fully saturated rings. The lowest BCUT2D eigenvalue weighted by atomic mass is 10.0. The van der Waals surface area contributed by atoms with E-state index in [0.717, 1.165) is 28.6 Å². The molecule has 0 atom stereocenters. The average molecular weight is 441 g/mol. The molecular weight excluding hydrogens is 412 g/mol. The van der Waals surface area contributed by atoms with Crippen molar-refractivity contribution in [1.82, 2.24) is 4.98 Å². The standard InChI is InChI=1S/C24H28N2O4S/c1-5-7-21(27)19-15-25-24-18(8-6-9-22(24)30-12-13-31(4,28)29)23(19)26-20-11-10-16(2)14-17(20)3/h6,8-11,14-15H,5,7,12-13H2,1-4H3,(H,25,26). The van der Waals surface area contributed by atoms with Crippen LogP contribution in [0, 0.1) is 13.8 Å². The van der Waals surface area contributed by atoms with E-state index in [9.17, 15) is 13.2 Å². The number of anilines is 2. The Bertz CT molecular complexity index is 1220. The molecule has 0 spiro atoms. The molecule has 1 aromatic heterocycles. The van der Waals surface area contributed by atoms with Gasteiger partial charge in [0.25, 0.3) is 0 Å². The number of sulfone groups is 1. The Morgan fingerprint density at radius 1 is 1.16 bits per heavy atom. The van der Waals surface area contributed by atoms with Crippen molar-refractivity contribution in [3.8, 4) is 5.75 Å². The van der Waals surface area contributed by atoms with Gasteiger partial charge in [0, 0.05) is 29.9 Å². The number of rotatable bonds is 9. The number of ether oxygens (including phenoxy) is 1. The number of aryl methyl sites for hydroxylation is 2. The molecule has 3 rings (SSSR count). The molecule has 0 unspecified atom stereocenters. The minimum atomic E-state index is -3.13. The Labute approximate surface area is 183 Å². The Morgan fingerprint density at radius 3 is 2.61 bits per heavy atom. The van der Waals surface area contributed by atoms with Crippen LogP contribution in [0.15, 0.2) is 42.6 Å². The summed E-state index contributed by atoms with van der Waals surface area (Å²) in [6, 6.07) is 11.6. The Hall–Kier alpha value is -2.93. The number of pyridine rings is 1. The van der Waals surface area contributed by atoms with E-state index in [1.165, 1.54) is 6.26 Å². The van der Waals surface area contributed by atoms with Crippen LogP contribution in [0.3, 0.4) is 0 Å². The molecule has 1 N–H and O–H groups in total. The number of ketones is 1. The van der Waals surface area contributed by atoms with Crippen molar-refractivity contribution in [1.29, 1.82) is 0 Å². The molecule has 0 amide bonds. The van der Waals surface area contributed by atoms with Gasteiger partial charge < -0.3 is 10.1 Å². The molecule has 0 radical (unpaired) electrons.